The highest BCUT2D eigenvalue weighted by molar-refractivity contribution is 7.86. The number of benzene rings is 1. The van der Waals surface area contributed by atoms with Crippen molar-refractivity contribution < 1.29 is 13.8 Å². The minimum atomic E-state index is -0.948. The van der Waals surface area contributed by atoms with E-state index >= 15 is 0 Å². The van der Waals surface area contributed by atoms with Gasteiger partial charge in [-0.3, -0.25) is 13.8 Å². The normalized spacial score (nSPS) is 21.0. The van der Waals surface area contributed by atoms with Gasteiger partial charge in [0.05, 0.1) is 4.75 Å². The Morgan fingerprint density at radius 2 is 1.84 bits per heavy atom. The molecule has 138 valence electrons. The van der Waals surface area contributed by atoms with E-state index in [2.05, 4.69) is 5.32 Å². The van der Waals surface area contributed by atoms with Gasteiger partial charge in [0.1, 0.15) is 6.04 Å². The van der Waals surface area contributed by atoms with Gasteiger partial charge in [-0.25, -0.2) is 0 Å². The topological polar surface area (TPSA) is 66.5 Å². The number of halogens is 1. The van der Waals surface area contributed by atoms with Crippen LogP contribution in [-0.2, 0) is 15.6 Å². The van der Waals surface area contributed by atoms with Crippen LogP contribution in [0.2, 0.25) is 5.02 Å². The molecule has 0 saturated carbocycles. The third kappa shape index (κ3) is 4.82. The minimum Gasteiger partial charge on any atom is -0.340 e. The summed E-state index contributed by atoms with van der Waals surface area (Å²) in [4.78, 5) is 27.1. The van der Waals surface area contributed by atoms with Gasteiger partial charge in [0.25, 0.3) is 5.91 Å². The smallest absolute Gasteiger partial charge is 0.251 e. The lowest BCUT2D eigenvalue weighted by Crippen LogP contribution is -2.58. The van der Waals surface area contributed by atoms with Crippen LogP contribution in [0, 0.1) is 5.92 Å². The van der Waals surface area contributed by atoms with Crippen LogP contribution in [0.15, 0.2) is 24.3 Å². The Bertz CT molecular complexity index is 673. The molecule has 25 heavy (non-hydrogen) atoms. The van der Waals surface area contributed by atoms with Crippen LogP contribution in [0.3, 0.4) is 0 Å². The van der Waals surface area contributed by atoms with Crippen LogP contribution in [0.4, 0.5) is 0 Å². The van der Waals surface area contributed by atoms with E-state index in [9.17, 15) is 13.8 Å². The first-order chi connectivity index (χ1) is 11.6. The summed E-state index contributed by atoms with van der Waals surface area (Å²) in [6, 6.07) is 5.93. The number of hydrogen-bond donors (Lipinski definition) is 1. The predicted molar refractivity (Wildman–Crippen MR) is 101 cm³/mol. The monoisotopic (exact) mass is 384 g/mol. The maximum Gasteiger partial charge on any atom is 0.251 e. The van der Waals surface area contributed by atoms with Gasteiger partial charge in [-0.05, 0) is 44.0 Å². The predicted octanol–water partition coefficient (Wildman–Crippen LogP) is 2.46. The first-order valence-electron chi connectivity index (χ1n) is 8.35. The van der Waals surface area contributed by atoms with Crippen molar-refractivity contribution in [1.29, 1.82) is 0 Å². The maximum absolute atomic E-state index is 12.9. The fourth-order valence-corrected chi connectivity index (χ4v) is 4.17. The summed E-state index contributed by atoms with van der Waals surface area (Å²) in [7, 11) is -0.948. The third-order valence-corrected chi connectivity index (χ3v) is 6.54. The molecule has 0 bridgehead atoms. The molecule has 1 fully saturated rings. The van der Waals surface area contributed by atoms with Crippen LogP contribution in [-0.4, -0.2) is 50.6 Å². The summed E-state index contributed by atoms with van der Waals surface area (Å²) in [5.41, 5.74) is 0.461. The SMILES string of the molecule is CC(C)[C@H](NC(=O)c1ccc(Cl)cc1)C(=O)N1CC[S@@](=O)C(C)(C)C1. The molecule has 0 aromatic heterocycles. The van der Waals surface area contributed by atoms with Gasteiger partial charge in [0.2, 0.25) is 5.91 Å². The van der Waals surface area contributed by atoms with Crippen LogP contribution >= 0.6 is 11.6 Å². The minimum absolute atomic E-state index is 0.0562. The van der Waals surface area contributed by atoms with Crippen LogP contribution in [0.1, 0.15) is 38.1 Å². The van der Waals surface area contributed by atoms with Crippen LogP contribution in [0.5, 0.6) is 0 Å². The third-order valence-electron chi connectivity index (χ3n) is 4.37. The molecule has 2 amide bonds. The number of carbonyl (C=O) groups is 2. The molecule has 0 unspecified atom stereocenters. The molecule has 0 spiro atoms. The average molecular weight is 385 g/mol. The Labute approximate surface area is 156 Å². The second-order valence-electron chi connectivity index (χ2n) is 7.27. The molecule has 0 radical (unpaired) electrons. The number of nitrogens with zero attached hydrogens (tertiary/aromatic N) is 1. The highest BCUT2D eigenvalue weighted by Gasteiger charge is 2.38. The Balaban J connectivity index is 2.12. The van der Waals surface area contributed by atoms with E-state index < -0.39 is 21.6 Å². The van der Waals surface area contributed by atoms with Crippen molar-refractivity contribution in [2.75, 3.05) is 18.8 Å². The molecule has 0 aliphatic carbocycles. The van der Waals surface area contributed by atoms with Gasteiger partial charge in [0, 0.05) is 40.2 Å². The highest BCUT2D eigenvalue weighted by atomic mass is 35.5. The van der Waals surface area contributed by atoms with E-state index in [1.807, 2.05) is 27.7 Å². The van der Waals surface area contributed by atoms with Crippen molar-refractivity contribution in [2.24, 2.45) is 5.92 Å². The maximum atomic E-state index is 12.9. The number of amides is 2. The second kappa shape index (κ2) is 7.87. The zero-order valence-electron chi connectivity index (χ0n) is 15.0. The van der Waals surface area contributed by atoms with Crippen molar-refractivity contribution in [3.63, 3.8) is 0 Å². The molecule has 1 N–H and O–H groups in total. The summed E-state index contributed by atoms with van der Waals surface area (Å²) in [6.45, 7) is 8.49. The van der Waals surface area contributed by atoms with Gasteiger partial charge in [-0.2, -0.15) is 0 Å². The Morgan fingerprint density at radius 1 is 1.24 bits per heavy atom. The van der Waals surface area contributed by atoms with Crippen molar-refractivity contribution in [3.8, 4) is 0 Å². The van der Waals surface area contributed by atoms with Gasteiger partial charge in [-0.15, -0.1) is 0 Å². The fraction of sp³-hybridized carbons (Fsp3) is 0.556. The molecule has 1 aromatic carbocycles. The lowest BCUT2D eigenvalue weighted by Gasteiger charge is -2.39. The van der Waals surface area contributed by atoms with E-state index in [1.165, 1.54) is 0 Å². The van der Waals surface area contributed by atoms with Crippen molar-refractivity contribution in [2.45, 2.75) is 38.5 Å². The average Bonchev–Trinajstić information content (AvgIpc) is 2.54. The summed E-state index contributed by atoms with van der Waals surface area (Å²) < 4.78 is 11.6. The Hall–Kier alpha value is -1.40. The van der Waals surface area contributed by atoms with Gasteiger partial charge < -0.3 is 10.2 Å². The van der Waals surface area contributed by atoms with Crippen molar-refractivity contribution >= 4 is 34.2 Å². The highest BCUT2D eigenvalue weighted by Crippen LogP contribution is 2.22. The number of rotatable bonds is 4. The summed E-state index contributed by atoms with van der Waals surface area (Å²) in [6.07, 6.45) is 0. The molecular weight excluding hydrogens is 360 g/mol. The summed E-state index contributed by atoms with van der Waals surface area (Å²) in [5, 5.41) is 3.39. The first kappa shape index (κ1) is 19.9. The van der Waals surface area contributed by atoms with Gasteiger partial charge in [-0.1, -0.05) is 25.4 Å². The van der Waals surface area contributed by atoms with E-state index in [-0.39, 0.29) is 17.7 Å². The molecule has 1 aliphatic rings. The molecular formula is C18H25ClN2O3S. The van der Waals surface area contributed by atoms with Crippen molar-refractivity contribution in [1.82, 2.24) is 10.2 Å². The lowest BCUT2D eigenvalue weighted by molar-refractivity contribution is -0.134. The molecule has 1 heterocycles. The Morgan fingerprint density at radius 3 is 2.36 bits per heavy atom. The van der Waals surface area contributed by atoms with E-state index in [0.717, 1.165) is 0 Å². The summed E-state index contributed by atoms with van der Waals surface area (Å²) >= 11 is 5.85. The van der Waals surface area contributed by atoms with Crippen LogP contribution < -0.4 is 5.32 Å². The van der Waals surface area contributed by atoms with Gasteiger partial charge in [0.15, 0.2) is 0 Å². The molecule has 1 aliphatic heterocycles. The van der Waals surface area contributed by atoms with Crippen molar-refractivity contribution in [3.05, 3.63) is 34.9 Å². The number of hydrogen-bond acceptors (Lipinski definition) is 3. The zero-order chi connectivity index (χ0) is 18.8. The van der Waals surface area contributed by atoms with E-state index in [4.69, 9.17) is 11.6 Å². The largest absolute Gasteiger partial charge is 0.340 e. The quantitative estimate of drug-likeness (QED) is 0.867. The van der Waals surface area contributed by atoms with Gasteiger partial charge >= 0.3 is 0 Å². The zero-order valence-corrected chi connectivity index (χ0v) is 16.6. The molecule has 1 saturated heterocycles. The van der Waals surface area contributed by atoms with E-state index in [1.54, 1.807) is 29.2 Å². The number of carbonyl (C=O) groups excluding carboxylic acids is 2. The molecule has 7 heteroatoms. The summed E-state index contributed by atoms with van der Waals surface area (Å²) in [5.74, 6) is -0.0146. The molecule has 2 rings (SSSR count). The first-order valence-corrected chi connectivity index (χ1v) is 10.0. The standard InChI is InChI=1S/C18H25ClN2O3S/c1-12(2)15(20-16(22)13-5-7-14(19)8-6-13)17(23)21-9-10-25(24)18(3,4)11-21/h5-8,12,15H,9-11H2,1-4H3,(H,20,22)/t15-,25+/m0/s1. The second-order valence-corrected chi connectivity index (χ2v) is 9.91. The lowest BCUT2D eigenvalue weighted by atomic mass is 10.0. The molecule has 5 nitrogen and oxygen atoms in total. The van der Waals surface area contributed by atoms with E-state index in [0.29, 0.717) is 29.4 Å². The molecule has 2 atom stereocenters. The molecule has 1 aromatic rings. The number of nitrogens with one attached hydrogen (secondary N) is 1. The van der Waals surface area contributed by atoms with Crippen LogP contribution in [0.25, 0.3) is 0 Å². The Kier molecular flexibility index (Phi) is 6.27. The fourth-order valence-electron chi connectivity index (χ4n) is 2.80.